The number of sulfonamides is 1. The van der Waals surface area contributed by atoms with Crippen LogP contribution in [0.1, 0.15) is 12.8 Å². The average Bonchev–Trinajstić information content (AvgIpc) is 2.86. The van der Waals surface area contributed by atoms with E-state index in [-0.39, 0.29) is 9.63 Å². The Bertz CT molecular complexity index is 476. The van der Waals surface area contributed by atoms with Crippen molar-refractivity contribution in [2.45, 2.75) is 23.1 Å². The number of aryl methyl sites for hydroxylation is 1. The first-order chi connectivity index (χ1) is 8.00. The van der Waals surface area contributed by atoms with Crippen LogP contribution in [-0.4, -0.2) is 41.0 Å². The van der Waals surface area contributed by atoms with E-state index < -0.39 is 10.0 Å². The Labute approximate surface area is 113 Å². The van der Waals surface area contributed by atoms with E-state index in [1.807, 2.05) is 11.8 Å². The molecule has 1 fully saturated rings. The van der Waals surface area contributed by atoms with Gasteiger partial charge in [-0.25, -0.2) is 17.8 Å². The molecule has 1 aliphatic heterocycles. The van der Waals surface area contributed by atoms with Crippen molar-refractivity contribution in [3.63, 3.8) is 0 Å². The van der Waals surface area contributed by atoms with Gasteiger partial charge in [0.1, 0.15) is 0 Å². The third-order valence-corrected chi connectivity index (χ3v) is 6.22. The van der Waals surface area contributed by atoms with Gasteiger partial charge < -0.3 is 0 Å². The zero-order valence-electron chi connectivity index (χ0n) is 9.26. The molecule has 2 rings (SSSR count). The van der Waals surface area contributed by atoms with E-state index in [9.17, 15) is 8.42 Å². The highest BCUT2D eigenvalue weighted by atomic mass is 79.9. The number of nitrogens with one attached hydrogen (secondary N) is 1. The number of nitrogens with zero attached hydrogens (tertiary/aromatic N) is 3. The Morgan fingerprint density at radius 2 is 2.41 bits per heavy atom. The summed E-state index contributed by atoms with van der Waals surface area (Å²) in [6, 6.07) is 0. The van der Waals surface area contributed by atoms with Crippen LogP contribution in [0, 0.1) is 0 Å². The molecule has 0 aliphatic carbocycles. The molecule has 96 valence electrons. The molecule has 1 atom stereocenters. The molecule has 0 radical (unpaired) electrons. The zero-order valence-corrected chi connectivity index (χ0v) is 12.5. The summed E-state index contributed by atoms with van der Waals surface area (Å²) in [5.74, 6) is 1.11. The summed E-state index contributed by atoms with van der Waals surface area (Å²) in [4.78, 5) is 0. The lowest BCUT2D eigenvalue weighted by Gasteiger charge is -2.10. The summed E-state index contributed by atoms with van der Waals surface area (Å²) in [7, 11) is -1.99. The predicted molar refractivity (Wildman–Crippen MR) is 69.4 cm³/mol. The Hall–Kier alpha value is -0.120. The normalized spacial score (nSPS) is 20.9. The molecule has 0 bridgehead atoms. The minimum atomic E-state index is -3.54. The van der Waals surface area contributed by atoms with Gasteiger partial charge in [-0.2, -0.15) is 11.8 Å². The highest BCUT2D eigenvalue weighted by molar-refractivity contribution is 9.10. The summed E-state index contributed by atoms with van der Waals surface area (Å²) in [6.45, 7) is 0.463. The second kappa shape index (κ2) is 5.25. The average molecular weight is 341 g/mol. The first-order valence-corrected chi connectivity index (χ1v) is 8.49. The van der Waals surface area contributed by atoms with Gasteiger partial charge in [0.2, 0.25) is 5.03 Å². The number of hydrogen-bond acceptors (Lipinski definition) is 5. The van der Waals surface area contributed by atoms with Crippen LogP contribution in [0.15, 0.2) is 9.63 Å². The molecule has 2 heterocycles. The molecule has 17 heavy (non-hydrogen) atoms. The maximum Gasteiger partial charge on any atom is 0.260 e. The van der Waals surface area contributed by atoms with E-state index in [1.165, 1.54) is 4.68 Å². The predicted octanol–water partition coefficient (Wildman–Crippen LogP) is 0.751. The summed E-state index contributed by atoms with van der Waals surface area (Å²) in [6.07, 6.45) is 2.23. The third-order valence-electron chi connectivity index (χ3n) is 2.52. The molecule has 6 nitrogen and oxygen atoms in total. The minimum Gasteiger partial charge on any atom is -0.235 e. The Morgan fingerprint density at radius 3 is 2.94 bits per heavy atom. The molecule has 1 aromatic heterocycles. The molecule has 9 heteroatoms. The molecule has 1 N–H and O–H groups in total. The quantitative estimate of drug-likeness (QED) is 0.875. The monoisotopic (exact) mass is 340 g/mol. The summed E-state index contributed by atoms with van der Waals surface area (Å²) in [5, 5.41) is 7.77. The van der Waals surface area contributed by atoms with Gasteiger partial charge in [0.05, 0.1) is 0 Å². The van der Waals surface area contributed by atoms with E-state index >= 15 is 0 Å². The summed E-state index contributed by atoms with van der Waals surface area (Å²) >= 11 is 4.90. The van der Waals surface area contributed by atoms with Crippen LogP contribution in [0.3, 0.4) is 0 Å². The van der Waals surface area contributed by atoms with Crippen molar-refractivity contribution < 1.29 is 8.42 Å². The van der Waals surface area contributed by atoms with Crippen LogP contribution >= 0.6 is 27.7 Å². The van der Waals surface area contributed by atoms with Crippen LogP contribution < -0.4 is 4.72 Å². The van der Waals surface area contributed by atoms with Crippen LogP contribution in [0.25, 0.3) is 0 Å². The van der Waals surface area contributed by atoms with Crippen LogP contribution in [-0.2, 0) is 17.1 Å². The van der Waals surface area contributed by atoms with Gasteiger partial charge in [-0.15, -0.1) is 5.10 Å². The van der Waals surface area contributed by atoms with E-state index in [0.717, 1.165) is 18.6 Å². The third kappa shape index (κ3) is 3.01. The van der Waals surface area contributed by atoms with Gasteiger partial charge in [0.15, 0.2) is 4.60 Å². The minimum absolute atomic E-state index is 0.0699. The van der Waals surface area contributed by atoms with Crippen molar-refractivity contribution in [3.8, 4) is 0 Å². The fourth-order valence-electron chi connectivity index (χ4n) is 1.68. The fraction of sp³-hybridized carbons (Fsp3) is 0.750. The van der Waals surface area contributed by atoms with Gasteiger partial charge in [-0.1, -0.05) is 5.21 Å². The highest BCUT2D eigenvalue weighted by Crippen LogP contribution is 2.26. The molecular formula is C8H13BrN4O2S2. The van der Waals surface area contributed by atoms with Crippen molar-refractivity contribution in [2.24, 2.45) is 7.05 Å². The fourth-order valence-corrected chi connectivity index (χ4v) is 5.16. The van der Waals surface area contributed by atoms with Crippen molar-refractivity contribution in [1.29, 1.82) is 0 Å². The van der Waals surface area contributed by atoms with Crippen molar-refractivity contribution in [1.82, 2.24) is 19.7 Å². The maximum absolute atomic E-state index is 12.0. The molecule has 0 aromatic carbocycles. The van der Waals surface area contributed by atoms with Crippen molar-refractivity contribution in [2.75, 3.05) is 12.3 Å². The standard InChI is InChI=1S/C8H13BrN4O2S2/c1-13-8(7(9)11-12-13)17(14,15)10-5-6-3-2-4-16-6/h6,10H,2-5H2,1H3. The first-order valence-electron chi connectivity index (χ1n) is 5.17. The van der Waals surface area contributed by atoms with Gasteiger partial charge >= 0.3 is 0 Å². The SMILES string of the molecule is Cn1nnc(Br)c1S(=O)(=O)NCC1CCCS1. The molecule has 1 aliphatic rings. The Morgan fingerprint density at radius 1 is 1.65 bits per heavy atom. The van der Waals surface area contributed by atoms with E-state index in [1.54, 1.807) is 7.05 Å². The molecule has 0 amide bonds. The lowest BCUT2D eigenvalue weighted by molar-refractivity contribution is 0.558. The first kappa shape index (κ1) is 13.3. The molecule has 1 unspecified atom stereocenters. The molecule has 0 saturated carbocycles. The lowest BCUT2D eigenvalue weighted by atomic mass is 10.2. The van der Waals surface area contributed by atoms with Gasteiger partial charge in [-0.3, -0.25) is 0 Å². The smallest absolute Gasteiger partial charge is 0.235 e. The van der Waals surface area contributed by atoms with Crippen LogP contribution in [0.2, 0.25) is 0 Å². The second-order valence-electron chi connectivity index (χ2n) is 3.80. The van der Waals surface area contributed by atoms with Gasteiger partial charge in [0, 0.05) is 18.8 Å². The van der Waals surface area contributed by atoms with Crippen molar-refractivity contribution in [3.05, 3.63) is 4.60 Å². The number of hydrogen-bond donors (Lipinski definition) is 1. The number of rotatable bonds is 4. The zero-order chi connectivity index (χ0) is 12.5. The van der Waals surface area contributed by atoms with E-state index in [0.29, 0.717) is 11.8 Å². The molecule has 1 saturated heterocycles. The molecule has 0 spiro atoms. The van der Waals surface area contributed by atoms with Crippen LogP contribution in [0.5, 0.6) is 0 Å². The molecule has 1 aromatic rings. The van der Waals surface area contributed by atoms with Gasteiger partial charge in [0.25, 0.3) is 10.0 Å². The topological polar surface area (TPSA) is 76.9 Å². The number of thioether (sulfide) groups is 1. The maximum atomic E-state index is 12.0. The highest BCUT2D eigenvalue weighted by Gasteiger charge is 2.25. The number of halogens is 1. The number of aromatic nitrogens is 3. The summed E-state index contributed by atoms with van der Waals surface area (Å²) < 4.78 is 28.2. The van der Waals surface area contributed by atoms with Crippen molar-refractivity contribution >= 4 is 37.7 Å². The second-order valence-corrected chi connectivity index (χ2v) is 7.64. The van der Waals surface area contributed by atoms with E-state index in [4.69, 9.17) is 0 Å². The summed E-state index contributed by atoms with van der Waals surface area (Å²) in [5.41, 5.74) is 0. The Kier molecular flexibility index (Phi) is 4.11. The van der Waals surface area contributed by atoms with E-state index in [2.05, 4.69) is 31.0 Å². The van der Waals surface area contributed by atoms with Crippen LogP contribution in [0.4, 0.5) is 0 Å². The molecular weight excluding hydrogens is 328 g/mol. The lowest BCUT2D eigenvalue weighted by Crippen LogP contribution is -2.31. The van der Waals surface area contributed by atoms with Gasteiger partial charge in [-0.05, 0) is 34.5 Å². The Balaban J connectivity index is 2.08. The largest absolute Gasteiger partial charge is 0.260 e.